The highest BCUT2D eigenvalue weighted by Crippen LogP contribution is 2.28. The molecule has 2 aromatic rings. The van der Waals surface area contributed by atoms with E-state index in [0.29, 0.717) is 0 Å². The van der Waals surface area contributed by atoms with E-state index in [1.54, 1.807) is 0 Å². The smallest absolute Gasteiger partial charge is 0.234 e. The van der Waals surface area contributed by atoms with Gasteiger partial charge in [-0.25, -0.2) is 0 Å². The highest BCUT2D eigenvalue weighted by molar-refractivity contribution is 5.90. The fourth-order valence-corrected chi connectivity index (χ4v) is 4.87. The quantitative estimate of drug-likeness (QED) is 0.798. The molecule has 0 spiro atoms. The second-order valence-corrected chi connectivity index (χ2v) is 8.59. The first-order valence-corrected chi connectivity index (χ1v) is 11.2. The molecule has 0 unspecified atom stereocenters. The minimum absolute atomic E-state index is 0.0270. The molecule has 1 aliphatic carbocycles. The number of fused-ring (bicyclic) bond motifs is 1. The highest BCUT2D eigenvalue weighted by atomic mass is 16.1. The van der Waals surface area contributed by atoms with Crippen LogP contribution in [0.5, 0.6) is 0 Å². The fraction of sp³-hybridized carbons (Fsp3) is 0.542. The predicted octanol–water partition coefficient (Wildman–Crippen LogP) is 3.34. The van der Waals surface area contributed by atoms with Gasteiger partial charge in [0.25, 0.3) is 0 Å². The Labute approximate surface area is 178 Å². The summed E-state index contributed by atoms with van der Waals surface area (Å²) in [7, 11) is 0. The molecule has 0 radical (unpaired) electrons. The van der Waals surface area contributed by atoms with Crippen LogP contribution in [-0.2, 0) is 4.79 Å². The number of carbonyl (C=O) groups excluding carboxylic acids is 1. The summed E-state index contributed by atoms with van der Waals surface area (Å²) >= 11 is 0. The number of rotatable bonds is 6. The third kappa shape index (κ3) is 5.09. The third-order valence-corrected chi connectivity index (χ3v) is 6.63. The maximum atomic E-state index is 11.6. The summed E-state index contributed by atoms with van der Waals surface area (Å²) in [5, 5.41) is 12.8. The number of para-hydroxylation sites is 1. The lowest BCUT2D eigenvalue weighted by Gasteiger charge is -2.37. The number of anilines is 1. The second kappa shape index (κ2) is 9.90. The van der Waals surface area contributed by atoms with E-state index in [9.17, 15) is 4.79 Å². The van der Waals surface area contributed by atoms with Crippen LogP contribution >= 0.6 is 0 Å². The number of nitrogens with one attached hydrogen (secondary N) is 1. The minimum atomic E-state index is -0.125. The average molecular weight is 406 g/mol. The van der Waals surface area contributed by atoms with Crippen molar-refractivity contribution in [2.75, 3.05) is 37.6 Å². The summed E-state index contributed by atoms with van der Waals surface area (Å²) < 4.78 is 0. The largest absolute Gasteiger partial charge is 0.367 e. The number of piperazine rings is 1. The normalized spacial score (nSPS) is 22.6. The number of aromatic nitrogens is 1. The molecular formula is C24H31N5O. The standard InChI is InChI=1S/C24H31N5O/c25-12-10-23(30)27-21-8-6-19(7-9-21)11-14-28-15-17-29(18-16-28)22-5-1-3-20-4-2-13-26-24(20)22/h1-5,13,19,21H,6-11,14-18H2,(H,27,30)/t19-,21-. The molecule has 1 N–H and O–H groups in total. The first-order chi connectivity index (χ1) is 14.7. The van der Waals surface area contributed by atoms with Gasteiger partial charge < -0.3 is 10.2 Å². The Balaban J connectivity index is 1.20. The summed E-state index contributed by atoms with van der Waals surface area (Å²) in [6.45, 7) is 5.46. The van der Waals surface area contributed by atoms with Gasteiger partial charge in [-0.1, -0.05) is 18.2 Å². The predicted molar refractivity (Wildman–Crippen MR) is 119 cm³/mol. The monoisotopic (exact) mass is 405 g/mol. The molecule has 1 amide bonds. The second-order valence-electron chi connectivity index (χ2n) is 8.59. The van der Waals surface area contributed by atoms with E-state index in [1.165, 1.54) is 30.3 Å². The van der Waals surface area contributed by atoms with Gasteiger partial charge in [-0.2, -0.15) is 5.26 Å². The van der Waals surface area contributed by atoms with E-state index in [4.69, 9.17) is 5.26 Å². The maximum Gasteiger partial charge on any atom is 0.234 e. The zero-order valence-corrected chi connectivity index (χ0v) is 17.6. The van der Waals surface area contributed by atoms with Crippen molar-refractivity contribution in [2.24, 2.45) is 5.92 Å². The van der Waals surface area contributed by atoms with Crippen LogP contribution in [-0.4, -0.2) is 54.6 Å². The van der Waals surface area contributed by atoms with Crippen LogP contribution < -0.4 is 10.2 Å². The molecule has 1 saturated heterocycles. The van der Waals surface area contributed by atoms with E-state index in [1.807, 2.05) is 18.3 Å². The van der Waals surface area contributed by atoms with Crippen LogP contribution in [0, 0.1) is 17.2 Å². The Hall–Kier alpha value is -2.65. The Kier molecular flexibility index (Phi) is 6.81. The van der Waals surface area contributed by atoms with Crippen LogP contribution in [0.1, 0.15) is 38.5 Å². The van der Waals surface area contributed by atoms with E-state index in [0.717, 1.165) is 57.0 Å². The molecule has 2 fully saturated rings. The van der Waals surface area contributed by atoms with Gasteiger partial charge in [0.15, 0.2) is 0 Å². The number of amides is 1. The first kappa shape index (κ1) is 20.6. The Morgan fingerprint density at radius 2 is 1.87 bits per heavy atom. The van der Waals surface area contributed by atoms with Gasteiger partial charge in [0.05, 0.1) is 17.3 Å². The van der Waals surface area contributed by atoms with Crippen LogP contribution in [0.15, 0.2) is 36.5 Å². The van der Waals surface area contributed by atoms with Crippen molar-refractivity contribution in [3.05, 3.63) is 36.5 Å². The molecule has 2 heterocycles. The summed E-state index contributed by atoms with van der Waals surface area (Å²) in [5.74, 6) is 0.634. The minimum Gasteiger partial charge on any atom is -0.367 e. The number of benzene rings is 1. The maximum absolute atomic E-state index is 11.6. The molecule has 1 aromatic carbocycles. The molecule has 6 nitrogen and oxygen atoms in total. The van der Waals surface area contributed by atoms with E-state index >= 15 is 0 Å². The van der Waals surface area contributed by atoms with E-state index in [2.05, 4.69) is 44.4 Å². The van der Waals surface area contributed by atoms with Gasteiger partial charge in [0.1, 0.15) is 6.42 Å². The summed E-state index contributed by atoms with van der Waals surface area (Å²) in [6.07, 6.45) is 7.55. The van der Waals surface area contributed by atoms with Crippen LogP contribution in [0.4, 0.5) is 5.69 Å². The van der Waals surface area contributed by atoms with Gasteiger partial charge in [-0.3, -0.25) is 14.7 Å². The zero-order valence-electron chi connectivity index (χ0n) is 17.6. The Morgan fingerprint density at radius 3 is 2.63 bits per heavy atom. The molecule has 158 valence electrons. The van der Waals surface area contributed by atoms with Gasteiger partial charge in [0.2, 0.25) is 5.91 Å². The van der Waals surface area contributed by atoms with Gasteiger partial charge in [0, 0.05) is 43.8 Å². The Bertz CT molecular complexity index is 887. The molecule has 0 atom stereocenters. The topological polar surface area (TPSA) is 72.3 Å². The lowest BCUT2D eigenvalue weighted by molar-refractivity contribution is -0.121. The van der Waals surface area contributed by atoms with Gasteiger partial charge >= 0.3 is 0 Å². The molecule has 6 heteroatoms. The van der Waals surface area contributed by atoms with Crippen molar-refractivity contribution < 1.29 is 4.79 Å². The lowest BCUT2D eigenvalue weighted by atomic mass is 9.84. The molecule has 1 aromatic heterocycles. The Morgan fingerprint density at radius 1 is 1.10 bits per heavy atom. The molecule has 4 rings (SSSR count). The van der Waals surface area contributed by atoms with E-state index in [-0.39, 0.29) is 18.4 Å². The zero-order chi connectivity index (χ0) is 20.8. The third-order valence-electron chi connectivity index (χ3n) is 6.63. The van der Waals surface area contributed by atoms with Crippen LogP contribution in [0.25, 0.3) is 10.9 Å². The molecular weight excluding hydrogens is 374 g/mol. The number of nitrogens with zero attached hydrogens (tertiary/aromatic N) is 4. The number of carbonyl (C=O) groups is 1. The van der Waals surface area contributed by atoms with Crippen molar-refractivity contribution in [1.29, 1.82) is 5.26 Å². The number of nitriles is 1. The van der Waals surface area contributed by atoms with Crippen LogP contribution in [0.2, 0.25) is 0 Å². The van der Waals surface area contributed by atoms with Gasteiger partial charge in [-0.05, 0) is 56.7 Å². The highest BCUT2D eigenvalue weighted by Gasteiger charge is 2.24. The fourth-order valence-electron chi connectivity index (χ4n) is 4.87. The molecule has 0 bridgehead atoms. The summed E-state index contributed by atoms with van der Waals surface area (Å²) in [4.78, 5) is 21.3. The lowest BCUT2D eigenvalue weighted by Crippen LogP contribution is -2.47. The summed E-state index contributed by atoms with van der Waals surface area (Å²) in [5.41, 5.74) is 2.36. The van der Waals surface area contributed by atoms with Crippen molar-refractivity contribution in [1.82, 2.24) is 15.2 Å². The van der Waals surface area contributed by atoms with E-state index < -0.39 is 0 Å². The molecule has 1 saturated carbocycles. The number of pyridine rings is 1. The number of hydrogen-bond donors (Lipinski definition) is 1. The molecule has 2 aliphatic rings. The SMILES string of the molecule is N#CCC(=O)N[C@H]1CC[C@H](CCN2CCN(c3cccc4cccnc34)CC2)CC1. The number of hydrogen-bond acceptors (Lipinski definition) is 5. The van der Waals surface area contributed by atoms with Gasteiger partial charge in [-0.15, -0.1) is 0 Å². The van der Waals surface area contributed by atoms with Crippen molar-refractivity contribution >= 4 is 22.5 Å². The summed E-state index contributed by atoms with van der Waals surface area (Å²) in [6, 6.07) is 12.8. The van der Waals surface area contributed by atoms with Crippen molar-refractivity contribution in [3.8, 4) is 6.07 Å². The first-order valence-electron chi connectivity index (χ1n) is 11.2. The molecule has 1 aliphatic heterocycles. The van der Waals surface area contributed by atoms with Crippen molar-refractivity contribution in [2.45, 2.75) is 44.6 Å². The van der Waals surface area contributed by atoms with Crippen LogP contribution in [0.3, 0.4) is 0 Å². The van der Waals surface area contributed by atoms with Crippen molar-refractivity contribution in [3.63, 3.8) is 0 Å². The molecule has 30 heavy (non-hydrogen) atoms. The average Bonchev–Trinajstić information content (AvgIpc) is 2.79.